The standard InChI is InChI=1S/C17H17ClN2O3/c1-12-10-15(7-8-16(12)18)23-11-17(21)20-19-13(2)5-6-14-4-3-9-22-14/h3-10H,11H2,1-2H3,(H,20,21)/b6-5+,19-13+. The highest BCUT2D eigenvalue weighted by Crippen LogP contribution is 2.20. The normalized spacial score (nSPS) is 11.7. The molecule has 0 fully saturated rings. The predicted molar refractivity (Wildman–Crippen MR) is 90.7 cm³/mol. The zero-order valence-electron chi connectivity index (χ0n) is 12.9. The average Bonchev–Trinajstić information content (AvgIpc) is 3.05. The lowest BCUT2D eigenvalue weighted by atomic mass is 10.2. The Balaban J connectivity index is 1.80. The number of hydrogen-bond donors (Lipinski definition) is 1. The van der Waals surface area contributed by atoms with Crippen LogP contribution in [0, 0.1) is 6.92 Å². The lowest BCUT2D eigenvalue weighted by molar-refractivity contribution is -0.123. The summed E-state index contributed by atoms with van der Waals surface area (Å²) in [7, 11) is 0. The van der Waals surface area contributed by atoms with E-state index < -0.39 is 0 Å². The molecule has 0 unspecified atom stereocenters. The molecule has 2 rings (SSSR count). The monoisotopic (exact) mass is 332 g/mol. The van der Waals surface area contributed by atoms with Gasteiger partial charge in [-0.05, 0) is 61.9 Å². The molecule has 0 spiro atoms. The summed E-state index contributed by atoms with van der Waals surface area (Å²) in [6.07, 6.45) is 5.09. The van der Waals surface area contributed by atoms with Crippen LogP contribution in [0.2, 0.25) is 5.02 Å². The number of furan rings is 1. The number of benzene rings is 1. The molecule has 0 radical (unpaired) electrons. The summed E-state index contributed by atoms with van der Waals surface area (Å²) in [5, 5.41) is 4.61. The lowest BCUT2D eigenvalue weighted by Crippen LogP contribution is -2.25. The van der Waals surface area contributed by atoms with Crippen LogP contribution in [0.3, 0.4) is 0 Å². The Labute approximate surface area is 139 Å². The molecular weight excluding hydrogens is 316 g/mol. The van der Waals surface area contributed by atoms with Gasteiger partial charge in [0, 0.05) is 5.02 Å². The Morgan fingerprint density at radius 2 is 2.26 bits per heavy atom. The summed E-state index contributed by atoms with van der Waals surface area (Å²) in [6.45, 7) is 3.51. The third-order valence-corrected chi connectivity index (χ3v) is 3.31. The van der Waals surface area contributed by atoms with Crippen molar-refractivity contribution in [2.75, 3.05) is 6.61 Å². The Morgan fingerprint density at radius 3 is 2.96 bits per heavy atom. The number of nitrogens with zero attached hydrogens (tertiary/aromatic N) is 1. The van der Waals surface area contributed by atoms with Crippen molar-refractivity contribution < 1.29 is 13.9 Å². The maximum atomic E-state index is 11.7. The highest BCUT2D eigenvalue weighted by Gasteiger charge is 2.03. The zero-order valence-corrected chi connectivity index (χ0v) is 13.6. The highest BCUT2D eigenvalue weighted by molar-refractivity contribution is 6.31. The molecule has 1 amide bonds. The van der Waals surface area contributed by atoms with Gasteiger partial charge in [0.15, 0.2) is 6.61 Å². The van der Waals surface area contributed by atoms with Gasteiger partial charge < -0.3 is 9.15 Å². The first-order chi connectivity index (χ1) is 11.0. The predicted octanol–water partition coefficient (Wildman–Crippen LogP) is 3.83. The van der Waals surface area contributed by atoms with Crippen molar-refractivity contribution in [3.05, 3.63) is 59.0 Å². The van der Waals surface area contributed by atoms with E-state index in [-0.39, 0.29) is 12.5 Å². The fraction of sp³-hybridized carbons (Fsp3) is 0.176. The quantitative estimate of drug-likeness (QED) is 0.646. The van der Waals surface area contributed by atoms with Gasteiger partial charge in [-0.2, -0.15) is 5.10 Å². The first-order valence-corrected chi connectivity index (χ1v) is 7.36. The number of carbonyl (C=O) groups is 1. The summed E-state index contributed by atoms with van der Waals surface area (Å²) in [5.74, 6) is 0.955. The molecule has 1 heterocycles. The van der Waals surface area contributed by atoms with Crippen molar-refractivity contribution in [2.45, 2.75) is 13.8 Å². The average molecular weight is 333 g/mol. The fourth-order valence-corrected chi connectivity index (χ4v) is 1.78. The first-order valence-electron chi connectivity index (χ1n) is 6.98. The zero-order chi connectivity index (χ0) is 16.7. The van der Waals surface area contributed by atoms with Crippen molar-refractivity contribution in [2.24, 2.45) is 5.10 Å². The second kappa shape index (κ2) is 8.19. The van der Waals surface area contributed by atoms with E-state index in [1.807, 2.05) is 13.0 Å². The van der Waals surface area contributed by atoms with Crippen LogP contribution in [-0.4, -0.2) is 18.2 Å². The topological polar surface area (TPSA) is 63.8 Å². The van der Waals surface area contributed by atoms with Crippen molar-refractivity contribution >= 4 is 29.3 Å². The van der Waals surface area contributed by atoms with Crippen molar-refractivity contribution in [3.8, 4) is 5.75 Å². The van der Waals surface area contributed by atoms with Gasteiger partial charge in [-0.15, -0.1) is 0 Å². The number of rotatable bonds is 6. The van der Waals surface area contributed by atoms with Crippen LogP contribution < -0.4 is 10.2 Å². The van der Waals surface area contributed by atoms with Crippen LogP contribution >= 0.6 is 11.6 Å². The molecule has 0 aliphatic heterocycles. The molecule has 23 heavy (non-hydrogen) atoms. The van der Waals surface area contributed by atoms with Gasteiger partial charge in [-0.1, -0.05) is 11.6 Å². The van der Waals surface area contributed by atoms with Crippen LogP contribution in [-0.2, 0) is 4.79 Å². The summed E-state index contributed by atoms with van der Waals surface area (Å²) in [4.78, 5) is 11.7. The van der Waals surface area contributed by atoms with Gasteiger partial charge in [0.25, 0.3) is 5.91 Å². The molecule has 0 aliphatic rings. The van der Waals surface area contributed by atoms with E-state index in [2.05, 4.69) is 10.5 Å². The van der Waals surface area contributed by atoms with Gasteiger partial charge in [-0.25, -0.2) is 5.43 Å². The number of carbonyl (C=O) groups excluding carboxylic acids is 1. The molecule has 0 bridgehead atoms. The maximum absolute atomic E-state index is 11.7. The molecule has 0 aliphatic carbocycles. The van der Waals surface area contributed by atoms with Crippen LogP contribution in [0.1, 0.15) is 18.2 Å². The molecule has 0 saturated carbocycles. The van der Waals surface area contributed by atoms with Crippen LogP contribution in [0.5, 0.6) is 5.75 Å². The summed E-state index contributed by atoms with van der Waals surface area (Å²) in [5.41, 5.74) is 3.95. The van der Waals surface area contributed by atoms with Gasteiger partial charge in [0.1, 0.15) is 11.5 Å². The van der Waals surface area contributed by atoms with Gasteiger partial charge in [0.2, 0.25) is 0 Å². The molecule has 2 aromatic rings. The maximum Gasteiger partial charge on any atom is 0.277 e. The molecule has 6 heteroatoms. The van der Waals surface area contributed by atoms with Gasteiger partial charge >= 0.3 is 0 Å². The van der Waals surface area contributed by atoms with Crippen molar-refractivity contribution in [1.82, 2.24) is 5.43 Å². The second-order valence-corrected chi connectivity index (χ2v) is 5.24. The smallest absolute Gasteiger partial charge is 0.277 e. The Hall–Kier alpha value is -2.53. The molecule has 1 N–H and O–H groups in total. The summed E-state index contributed by atoms with van der Waals surface area (Å²) < 4.78 is 10.5. The summed E-state index contributed by atoms with van der Waals surface area (Å²) in [6, 6.07) is 8.83. The van der Waals surface area contributed by atoms with Gasteiger partial charge in [0.05, 0.1) is 12.0 Å². The van der Waals surface area contributed by atoms with E-state index in [1.54, 1.807) is 49.6 Å². The third kappa shape index (κ3) is 5.64. The fourth-order valence-electron chi connectivity index (χ4n) is 1.66. The van der Waals surface area contributed by atoms with Crippen LogP contribution in [0.25, 0.3) is 6.08 Å². The molecule has 120 valence electrons. The Bertz CT molecular complexity index is 721. The lowest BCUT2D eigenvalue weighted by Gasteiger charge is -2.06. The number of allylic oxidation sites excluding steroid dienone is 1. The van der Waals surface area contributed by atoms with Crippen LogP contribution in [0.4, 0.5) is 0 Å². The number of nitrogens with one attached hydrogen (secondary N) is 1. The van der Waals surface area contributed by atoms with E-state index in [0.717, 1.165) is 5.56 Å². The summed E-state index contributed by atoms with van der Waals surface area (Å²) >= 11 is 5.93. The number of aryl methyl sites for hydroxylation is 1. The molecule has 1 aromatic carbocycles. The molecule has 1 aromatic heterocycles. The second-order valence-electron chi connectivity index (χ2n) is 4.84. The molecule has 0 atom stereocenters. The number of halogens is 1. The van der Waals surface area contributed by atoms with Crippen LogP contribution in [0.15, 0.2) is 52.2 Å². The largest absolute Gasteiger partial charge is 0.484 e. The third-order valence-electron chi connectivity index (χ3n) is 2.89. The number of hydrogen-bond acceptors (Lipinski definition) is 4. The van der Waals surface area contributed by atoms with Crippen molar-refractivity contribution in [1.29, 1.82) is 0 Å². The van der Waals surface area contributed by atoms with Crippen molar-refractivity contribution in [3.63, 3.8) is 0 Å². The van der Waals surface area contributed by atoms with E-state index in [0.29, 0.717) is 22.2 Å². The molecule has 0 saturated heterocycles. The molecular formula is C17H17ClN2O3. The minimum absolute atomic E-state index is 0.125. The Kier molecular flexibility index (Phi) is 6.00. The number of ether oxygens (including phenoxy) is 1. The van der Waals surface area contributed by atoms with E-state index in [9.17, 15) is 4.79 Å². The minimum Gasteiger partial charge on any atom is -0.484 e. The Morgan fingerprint density at radius 1 is 1.43 bits per heavy atom. The number of amides is 1. The highest BCUT2D eigenvalue weighted by atomic mass is 35.5. The minimum atomic E-state index is -0.344. The van der Waals surface area contributed by atoms with E-state index in [1.165, 1.54) is 0 Å². The number of hydrazone groups is 1. The SMILES string of the molecule is CC(/C=C/c1ccco1)=N\NC(=O)COc1ccc(Cl)c(C)c1. The first kappa shape index (κ1) is 16.8. The van der Waals surface area contributed by atoms with E-state index >= 15 is 0 Å². The molecule has 5 nitrogen and oxygen atoms in total. The van der Waals surface area contributed by atoms with E-state index in [4.69, 9.17) is 20.8 Å². The van der Waals surface area contributed by atoms with Gasteiger partial charge in [-0.3, -0.25) is 4.79 Å².